The van der Waals surface area contributed by atoms with Crippen molar-refractivity contribution < 1.29 is 4.79 Å². The van der Waals surface area contributed by atoms with Gasteiger partial charge in [-0.05, 0) is 77.4 Å². The van der Waals surface area contributed by atoms with Crippen LogP contribution < -0.4 is 16.0 Å². The van der Waals surface area contributed by atoms with Crippen molar-refractivity contribution >= 4 is 55.5 Å². The van der Waals surface area contributed by atoms with E-state index in [0.717, 1.165) is 76.0 Å². The van der Waals surface area contributed by atoms with E-state index in [1.165, 1.54) is 5.70 Å². The molecule has 4 rings (SSSR count). The molecule has 1 aromatic carbocycles. The average molecular weight is 627 g/mol. The molecule has 0 saturated heterocycles. The number of anilines is 1. The highest BCUT2D eigenvalue weighted by atomic mass is 79.9. The van der Waals surface area contributed by atoms with Crippen molar-refractivity contribution in [2.24, 2.45) is 21.8 Å². The number of hydrogen-bond donors (Lipinski definition) is 3. The summed E-state index contributed by atoms with van der Waals surface area (Å²) < 4.78 is 1.88. The molecule has 2 aliphatic heterocycles. The highest BCUT2D eigenvalue weighted by Crippen LogP contribution is 2.34. The number of rotatable bonds is 9. The molecule has 0 aromatic heterocycles. The SMILES string of the molecule is C=CC1=CC(C)CC=C1C1=NC2=C(Br)C=NCC2CC(NCCCCNC(=O)Nc2cccc(Br)c2)=C1. The molecule has 194 valence electrons. The standard InChI is InChI=1S/C29H33Br2N5O/c1-3-20-13-19(2)9-10-25(20)27-16-24(14-21-17-32-18-26(31)28(21)36-27)33-11-4-5-12-34-29(37)35-23-8-6-7-22(30)15-23/h3,6-8,10,13,15-16,18-19,21,33H,1,4-5,9,11-12,14,17H2,2H3,(H2,34,35,37). The molecule has 8 heteroatoms. The van der Waals surface area contributed by atoms with E-state index in [9.17, 15) is 4.79 Å². The van der Waals surface area contributed by atoms with Crippen molar-refractivity contribution in [1.29, 1.82) is 0 Å². The fraction of sp³-hybridized carbons (Fsp3) is 0.345. The van der Waals surface area contributed by atoms with E-state index in [-0.39, 0.29) is 11.9 Å². The van der Waals surface area contributed by atoms with Crippen molar-refractivity contribution in [2.75, 3.05) is 25.0 Å². The molecule has 3 N–H and O–H groups in total. The minimum Gasteiger partial charge on any atom is -0.388 e. The highest BCUT2D eigenvalue weighted by molar-refractivity contribution is 9.12. The Morgan fingerprint density at radius 3 is 2.89 bits per heavy atom. The summed E-state index contributed by atoms with van der Waals surface area (Å²) in [6.07, 6.45) is 14.2. The van der Waals surface area contributed by atoms with Gasteiger partial charge in [-0.15, -0.1) is 0 Å². The van der Waals surface area contributed by atoms with Gasteiger partial charge in [0, 0.05) is 53.2 Å². The van der Waals surface area contributed by atoms with E-state index < -0.39 is 0 Å². The number of aliphatic imine (C=N–C) groups is 2. The Kier molecular flexibility index (Phi) is 9.75. The lowest BCUT2D eigenvalue weighted by molar-refractivity contribution is 0.252. The average Bonchev–Trinajstić information content (AvgIpc) is 3.06. The summed E-state index contributed by atoms with van der Waals surface area (Å²) in [6, 6.07) is 7.35. The number of hydrogen-bond acceptors (Lipinski definition) is 4. The molecular formula is C29H33Br2N5O. The maximum absolute atomic E-state index is 12.1. The number of carbonyl (C=O) groups is 1. The van der Waals surface area contributed by atoms with Gasteiger partial charge in [0.15, 0.2) is 0 Å². The van der Waals surface area contributed by atoms with Crippen LogP contribution in [0.4, 0.5) is 10.5 Å². The maximum atomic E-state index is 12.1. The number of halogens is 2. The molecule has 0 fully saturated rings. The van der Waals surface area contributed by atoms with Gasteiger partial charge in [0.05, 0.1) is 15.9 Å². The molecule has 2 unspecified atom stereocenters. The molecule has 3 aliphatic rings. The smallest absolute Gasteiger partial charge is 0.319 e. The zero-order valence-electron chi connectivity index (χ0n) is 21.1. The van der Waals surface area contributed by atoms with Crippen molar-refractivity contribution in [3.63, 3.8) is 0 Å². The summed E-state index contributed by atoms with van der Waals surface area (Å²) in [7, 11) is 0. The molecule has 37 heavy (non-hydrogen) atoms. The third-order valence-corrected chi connectivity index (χ3v) is 7.57. The van der Waals surface area contributed by atoms with Crippen LogP contribution in [0, 0.1) is 11.8 Å². The summed E-state index contributed by atoms with van der Waals surface area (Å²) in [6.45, 7) is 8.44. The number of nitrogens with zero attached hydrogens (tertiary/aromatic N) is 2. The Balaban J connectivity index is 1.33. The van der Waals surface area contributed by atoms with Crippen LogP contribution in [0.25, 0.3) is 0 Å². The minimum atomic E-state index is -0.192. The van der Waals surface area contributed by atoms with Crippen LogP contribution in [0.5, 0.6) is 0 Å². The van der Waals surface area contributed by atoms with E-state index in [4.69, 9.17) is 4.99 Å². The van der Waals surface area contributed by atoms with Gasteiger partial charge in [0.1, 0.15) is 0 Å². The second kappa shape index (κ2) is 13.2. The van der Waals surface area contributed by atoms with Crippen molar-refractivity contribution in [2.45, 2.75) is 32.6 Å². The molecule has 0 radical (unpaired) electrons. The second-order valence-electron chi connectivity index (χ2n) is 9.48. The van der Waals surface area contributed by atoms with E-state index in [2.05, 4.69) is 84.5 Å². The quantitative estimate of drug-likeness (QED) is 0.257. The summed E-state index contributed by atoms with van der Waals surface area (Å²) in [4.78, 5) is 21.8. The zero-order chi connectivity index (χ0) is 26.2. The van der Waals surface area contributed by atoms with Crippen molar-refractivity contribution in [3.05, 3.63) is 86.6 Å². The number of amides is 2. The van der Waals surface area contributed by atoms with E-state index in [1.54, 1.807) is 0 Å². The van der Waals surface area contributed by atoms with Gasteiger partial charge in [-0.25, -0.2) is 4.79 Å². The Labute approximate surface area is 236 Å². The molecule has 0 spiro atoms. The van der Waals surface area contributed by atoms with E-state index >= 15 is 0 Å². The Morgan fingerprint density at radius 2 is 2.08 bits per heavy atom. The van der Waals surface area contributed by atoms with Gasteiger partial charge >= 0.3 is 6.03 Å². The van der Waals surface area contributed by atoms with Gasteiger partial charge in [0.2, 0.25) is 0 Å². The van der Waals surface area contributed by atoms with Gasteiger partial charge < -0.3 is 16.0 Å². The normalized spacial score (nSPS) is 21.1. The summed E-state index contributed by atoms with van der Waals surface area (Å²) in [5.74, 6) is 0.730. The predicted octanol–water partition coefficient (Wildman–Crippen LogP) is 7.05. The lowest BCUT2D eigenvalue weighted by Crippen LogP contribution is -2.30. The third-order valence-electron chi connectivity index (χ3n) is 6.47. The number of fused-ring (bicyclic) bond motifs is 1. The molecule has 2 heterocycles. The number of urea groups is 1. The van der Waals surface area contributed by atoms with Crippen LogP contribution in [0.15, 0.2) is 96.6 Å². The molecular weight excluding hydrogens is 594 g/mol. The monoisotopic (exact) mass is 625 g/mol. The van der Waals surface area contributed by atoms with Crippen LogP contribution in [-0.2, 0) is 0 Å². The molecule has 2 amide bonds. The lowest BCUT2D eigenvalue weighted by Gasteiger charge is -2.20. The van der Waals surface area contributed by atoms with Gasteiger partial charge in [0.25, 0.3) is 0 Å². The Hall–Kier alpha value is -2.71. The largest absolute Gasteiger partial charge is 0.388 e. The first-order chi connectivity index (χ1) is 17.9. The zero-order valence-corrected chi connectivity index (χ0v) is 24.2. The fourth-order valence-corrected chi connectivity index (χ4v) is 5.54. The van der Waals surface area contributed by atoms with Crippen molar-refractivity contribution in [1.82, 2.24) is 10.6 Å². The molecule has 0 saturated carbocycles. The van der Waals surface area contributed by atoms with Gasteiger partial charge in [-0.2, -0.15) is 0 Å². The van der Waals surface area contributed by atoms with Crippen LogP contribution in [0.2, 0.25) is 0 Å². The first kappa shape index (κ1) is 27.3. The molecule has 6 nitrogen and oxygen atoms in total. The lowest BCUT2D eigenvalue weighted by atomic mass is 9.88. The maximum Gasteiger partial charge on any atom is 0.319 e. The second-order valence-corrected chi connectivity index (χ2v) is 11.2. The minimum absolute atomic E-state index is 0.192. The van der Waals surface area contributed by atoms with Crippen LogP contribution in [0.3, 0.4) is 0 Å². The van der Waals surface area contributed by atoms with Gasteiger partial charge in [-0.1, -0.05) is 53.7 Å². The Morgan fingerprint density at radius 1 is 1.24 bits per heavy atom. The first-order valence-corrected chi connectivity index (χ1v) is 14.3. The number of allylic oxidation sites excluding steroid dienone is 8. The summed E-state index contributed by atoms with van der Waals surface area (Å²) in [5.41, 5.74) is 6.23. The number of unbranched alkanes of at least 4 members (excludes halogenated alkanes) is 1. The fourth-order valence-electron chi connectivity index (χ4n) is 4.59. The number of dihydropyridines is 1. The third kappa shape index (κ3) is 7.65. The summed E-state index contributed by atoms with van der Waals surface area (Å²) >= 11 is 7.09. The molecule has 1 aliphatic carbocycles. The predicted molar refractivity (Wildman–Crippen MR) is 161 cm³/mol. The molecule has 2 atom stereocenters. The van der Waals surface area contributed by atoms with E-state index in [1.807, 2.05) is 36.6 Å². The van der Waals surface area contributed by atoms with Crippen LogP contribution in [0.1, 0.15) is 32.6 Å². The molecule has 0 bridgehead atoms. The van der Waals surface area contributed by atoms with Gasteiger partial charge in [-0.3, -0.25) is 9.98 Å². The summed E-state index contributed by atoms with van der Waals surface area (Å²) in [5, 5.41) is 9.42. The first-order valence-electron chi connectivity index (χ1n) is 12.7. The number of benzene rings is 1. The topological polar surface area (TPSA) is 77.9 Å². The number of nitrogens with one attached hydrogen (secondary N) is 3. The van der Waals surface area contributed by atoms with Crippen LogP contribution in [-0.4, -0.2) is 37.6 Å². The molecule has 1 aromatic rings. The highest BCUT2D eigenvalue weighted by Gasteiger charge is 2.26. The van der Waals surface area contributed by atoms with Crippen LogP contribution >= 0.6 is 31.9 Å². The van der Waals surface area contributed by atoms with Crippen molar-refractivity contribution in [3.8, 4) is 0 Å². The Bertz CT molecular complexity index is 1220. The number of carbonyl (C=O) groups excluding carboxylic acids is 1. The van der Waals surface area contributed by atoms with E-state index in [0.29, 0.717) is 12.5 Å².